The molecule has 0 aliphatic rings. The van der Waals surface area contributed by atoms with E-state index in [1.165, 1.54) is 20.1 Å². The van der Waals surface area contributed by atoms with Crippen molar-refractivity contribution < 1.29 is 29.3 Å². The Labute approximate surface area is 105 Å². The van der Waals surface area contributed by atoms with Gasteiger partial charge in [0.2, 0.25) is 0 Å². The summed E-state index contributed by atoms with van der Waals surface area (Å²) >= 11 is 0. The van der Waals surface area contributed by atoms with Crippen LogP contribution in [-0.2, 0) is 19.1 Å². The van der Waals surface area contributed by atoms with Crippen LogP contribution in [-0.4, -0.2) is 35.2 Å². The molecule has 0 radical (unpaired) electrons. The molecular formula is C12H16O6. The molecule has 0 fully saturated rings. The second kappa shape index (κ2) is 9.83. The van der Waals surface area contributed by atoms with E-state index in [2.05, 4.69) is 17.9 Å². The quantitative estimate of drug-likeness (QED) is 0.569. The van der Waals surface area contributed by atoms with Gasteiger partial charge in [0, 0.05) is 17.2 Å². The largest absolute Gasteiger partial charge is 0.478 e. The number of aliphatic carboxylic acids is 2. The van der Waals surface area contributed by atoms with Crippen molar-refractivity contribution in [3.63, 3.8) is 0 Å². The topological polar surface area (TPSA) is 101 Å². The third kappa shape index (κ3) is 10.2. The van der Waals surface area contributed by atoms with E-state index in [9.17, 15) is 14.4 Å². The van der Waals surface area contributed by atoms with Crippen molar-refractivity contribution in [3.8, 4) is 0 Å². The minimum atomic E-state index is -1.00. The lowest BCUT2D eigenvalue weighted by Crippen LogP contribution is -2.03. The van der Waals surface area contributed by atoms with Crippen molar-refractivity contribution in [2.45, 2.75) is 13.3 Å². The van der Waals surface area contributed by atoms with Crippen LogP contribution < -0.4 is 0 Å². The molecule has 0 saturated heterocycles. The van der Waals surface area contributed by atoms with Crippen molar-refractivity contribution in [1.82, 2.24) is 0 Å². The Morgan fingerprint density at radius 1 is 1.28 bits per heavy atom. The summed E-state index contributed by atoms with van der Waals surface area (Å²) in [6.45, 7) is 7.86. The lowest BCUT2D eigenvalue weighted by atomic mass is 10.1. The molecule has 0 aromatic rings. The summed E-state index contributed by atoms with van der Waals surface area (Å²) in [4.78, 5) is 30.4. The molecule has 2 N–H and O–H groups in total. The molecular weight excluding hydrogens is 240 g/mol. The third-order valence-corrected chi connectivity index (χ3v) is 1.64. The lowest BCUT2D eigenvalue weighted by Gasteiger charge is -1.99. The third-order valence-electron chi connectivity index (χ3n) is 1.64. The first-order valence-corrected chi connectivity index (χ1v) is 4.77. The highest BCUT2D eigenvalue weighted by molar-refractivity contribution is 5.89. The minimum Gasteiger partial charge on any atom is -0.478 e. The van der Waals surface area contributed by atoms with Crippen LogP contribution in [0.25, 0.3) is 0 Å². The van der Waals surface area contributed by atoms with E-state index in [1.54, 1.807) is 0 Å². The molecule has 0 atom stereocenters. The number of carboxylic acids is 2. The second-order valence-electron chi connectivity index (χ2n) is 3.03. The van der Waals surface area contributed by atoms with E-state index in [4.69, 9.17) is 10.2 Å². The maximum Gasteiger partial charge on any atom is 0.333 e. The first-order valence-electron chi connectivity index (χ1n) is 4.77. The average Bonchev–Trinajstić information content (AvgIpc) is 2.34. The molecule has 0 aromatic heterocycles. The van der Waals surface area contributed by atoms with Gasteiger partial charge in [-0.15, -0.1) is 0 Å². The summed E-state index contributed by atoms with van der Waals surface area (Å²) in [5, 5.41) is 16.1. The number of carbonyl (C=O) groups excluding carboxylic acids is 1. The van der Waals surface area contributed by atoms with Crippen molar-refractivity contribution in [2.24, 2.45) is 0 Å². The van der Waals surface area contributed by atoms with Crippen LogP contribution in [0.5, 0.6) is 0 Å². The van der Waals surface area contributed by atoms with Crippen LogP contribution in [0.1, 0.15) is 13.3 Å². The highest BCUT2D eigenvalue weighted by Crippen LogP contribution is 2.04. The zero-order chi connectivity index (χ0) is 14.7. The predicted octanol–water partition coefficient (Wildman–Crippen LogP) is 1.39. The van der Waals surface area contributed by atoms with Gasteiger partial charge in [-0.2, -0.15) is 0 Å². The number of hydrogen-bond acceptors (Lipinski definition) is 4. The van der Waals surface area contributed by atoms with Gasteiger partial charge in [-0.25, -0.2) is 14.4 Å². The first kappa shape index (κ1) is 18.0. The number of allylic oxidation sites excluding steroid dienone is 1. The zero-order valence-electron chi connectivity index (χ0n) is 10.3. The van der Waals surface area contributed by atoms with E-state index >= 15 is 0 Å². The van der Waals surface area contributed by atoms with Crippen LogP contribution >= 0.6 is 0 Å². The van der Waals surface area contributed by atoms with Crippen molar-refractivity contribution in [3.05, 3.63) is 36.5 Å². The van der Waals surface area contributed by atoms with Crippen LogP contribution in [0, 0.1) is 0 Å². The Hall–Kier alpha value is -2.37. The smallest absolute Gasteiger partial charge is 0.333 e. The number of ether oxygens (including phenoxy) is 1. The highest BCUT2D eigenvalue weighted by atomic mass is 16.5. The van der Waals surface area contributed by atoms with Crippen LogP contribution in [0.2, 0.25) is 0 Å². The molecule has 6 heteroatoms. The Morgan fingerprint density at radius 3 is 2.00 bits per heavy atom. The molecule has 0 bridgehead atoms. The van der Waals surface area contributed by atoms with E-state index in [1.807, 2.05) is 0 Å². The predicted molar refractivity (Wildman–Crippen MR) is 65.0 cm³/mol. The van der Waals surface area contributed by atoms with Gasteiger partial charge in [-0.05, 0) is 13.3 Å². The van der Waals surface area contributed by atoms with Crippen LogP contribution in [0.3, 0.4) is 0 Å². The summed E-state index contributed by atoms with van der Waals surface area (Å²) in [6, 6.07) is 0. The Morgan fingerprint density at radius 2 is 1.72 bits per heavy atom. The monoisotopic (exact) mass is 256 g/mol. The highest BCUT2D eigenvalue weighted by Gasteiger charge is 2.05. The van der Waals surface area contributed by atoms with E-state index in [-0.39, 0.29) is 17.6 Å². The van der Waals surface area contributed by atoms with Crippen molar-refractivity contribution >= 4 is 17.9 Å². The first-order chi connectivity index (χ1) is 8.26. The van der Waals surface area contributed by atoms with Gasteiger partial charge >= 0.3 is 17.9 Å². The van der Waals surface area contributed by atoms with Gasteiger partial charge in [0.15, 0.2) is 0 Å². The Bertz CT molecular complexity index is 378. The molecule has 100 valence electrons. The van der Waals surface area contributed by atoms with Gasteiger partial charge in [0.1, 0.15) is 0 Å². The van der Waals surface area contributed by atoms with Crippen LogP contribution in [0.15, 0.2) is 36.5 Å². The molecule has 0 rings (SSSR count). The fourth-order valence-corrected chi connectivity index (χ4v) is 0.591. The molecule has 6 nitrogen and oxygen atoms in total. The maximum absolute atomic E-state index is 10.8. The second-order valence-corrected chi connectivity index (χ2v) is 3.03. The van der Waals surface area contributed by atoms with Gasteiger partial charge in [-0.1, -0.05) is 19.2 Å². The number of hydrogen-bond donors (Lipinski definition) is 2. The van der Waals surface area contributed by atoms with Gasteiger partial charge in [-0.3, -0.25) is 0 Å². The Kier molecular flexibility index (Phi) is 9.83. The standard InChI is InChI=1S/C9H12O4.C3H4O2/c1-6(8(10)11)4-5-7(2)9(12)13-3;1-2-3(4)5/h4H,2,5H2,1,3H3,(H,10,11);2H,1H2,(H,4,5). The number of rotatable bonds is 5. The average molecular weight is 256 g/mol. The lowest BCUT2D eigenvalue weighted by molar-refractivity contribution is -0.136. The number of carbonyl (C=O) groups is 3. The molecule has 0 aliphatic heterocycles. The molecule has 0 aliphatic carbocycles. The molecule has 18 heavy (non-hydrogen) atoms. The molecule has 0 heterocycles. The van der Waals surface area contributed by atoms with Gasteiger partial charge in [0.05, 0.1) is 7.11 Å². The van der Waals surface area contributed by atoms with E-state index in [0.717, 1.165) is 6.08 Å². The zero-order valence-corrected chi connectivity index (χ0v) is 10.3. The molecule has 0 amide bonds. The molecule has 0 aromatic carbocycles. The summed E-state index contributed by atoms with van der Waals surface area (Å²) in [7, 11) is 1.25. The fourth-order valence-electron chi connectivity index (χ4n) is 0.591. The van der Waals surface area contributed by atoms with Gasteiger partial charge < -0.3 is 14.9 Å². The SMILES string of the molecule is C=C(CC=C(C)C(=O)O)C(=O)OC.C=CC(=O)O. The summed E-state index contributed by atoms with van der Waals surface area (Å²) < 4.78 is 4.39. The Balaban J connectivity index is 0. The van der Waals surface area contributed by atoms with Crippen LogP contribution in [0.4, 0.5) is 0 Å². The molecule has 0 saturated carbocycles. The van der Waals surface area contributed by atoms with E-state index in [0.29, 0.717) is 0 Å². The molecule has 0 spiro atoms. The van der Waals surface area contributed by atoms with Gasteiger partial charge in [0.25, 0.3) is 0 Å². The van der Waals surface area contributed by atoms with E-state index < -0.39 is 17.9 Å². The summed E-state index contributed by atoms with van der Waals surface area (Å²) in [5.74, 6) is -2.50. The number of carboxylic acid groups (broad SMARTS) is 2. The van der Waals surface area contributed by atoms with Crippen molar-refractivity contribution in [2.75, 3.05) is 7.11 Å². The maximum atomic E-state index is 10.8. The fraction of sp³-hybridized carbons (Fsp3) is 0.250. The number of esters is 1. The molecule has 0 unspecified atom stereocenters. The minimum absolute atomic E-state index is 0.185. The summed E-state index contributed by atoms with van der Waals surface area (Å²) in [6.07, 6.45) is 2.45. The van der Waals surface area contributed by atoms with Crippen molar-refractivity contribution in [1.29, 1.82) is 0 Å². The normalized spacial score (nSPS) is 9.56. The number of methoxy groups -OCH3 is 1. The summed E-state index contributed by atoms with van der Waals surface area (Å²) in [5.41, 5.74) is 0.424.